The predicted molar refractivity (Wildman–Crippen MR) is 135 cm³/mol. The Hall–Kier alpha value is -2.26. The number of rotatable bonds is 6. The van der Waals surface area contributed by atoms with Gasteiger partial charge in [0.15, 0.2) is 0 Å². The number of nitrogens with one attached hydrogen (secondary N) is 3. The maximum atomic E-state index is 12.9. The first kappa shape index (κ1) is 24.9. The fraction of sp³-hybridized carbons (Fsp3) is 0.136. The van der Waals surface area contributed by atoms with Crippen LogP contribution < -0.4 is 16.1 Å². The molecule has 12 heteroatoms. The van der Waals surface area contributed by atoms with Crippen LogP contribution in [0.1, 0.15) is 21.8 Å². The van der Waals surface area contributed by atoms with Crippen LogP contribution in [-0.2, 0) is 4.79 Å². The molecule has 2 atom stereocenters. The molecule has 0 saturated heterocycles. The summed E-state index contributed by atoms with van der Waals surface area (Å²) in [5.41, 5.74) is 3.39. The monoisotopic (exact) mass is 558 g/mol. The molecule has 2 amide bonds. The minimum Gasteiger partial charge on any atom is -0.326 e. The van der Waals surface area contributed by atoms with E-state index >= 15 is 0 Å². The van der Waals surface area contributed by atoms with Crippen LogP contribution in [-0.4, -0.2) is 26.3 Å². The zero-order valence-corrected chi connectivity index (χ0v) is 20.7. The number of carbonyl (C=O) groups excluding carboxylic acids is 2. The first-order valence-electron chi connectivity index (χ1n) is 9.72. The summed E-state index contributed by atoms with van der Waals surface area (Å²) in [6, 6.07) is 12.4. The Balaban J connectivity index is 1.49. The van der Waals surface area contributed by atoms with E-state index in [1.54, 1.807) is 24.3 Å². The van der Waals surface area contributed by atoms with Crippen LogP contribution in [0.2, 0.25) is 15.1 Å². The van der Waals surface area contributed by atoms with Crippen LogP contribution in [0, 0.1) is 5.92 Å². The van der Waals surface area contributed by atoms with Crippen molar-refractivity contribution in [3.8, 4) is 0 Å². The van der Waals surface area contributed by atoms with Crippen LogP contribution >= 0.6 is 58.0 Å². The second kappa shape index (κ2) is 9.77. The highest BCUT2D eigenvalue weighted by Crippen LogP contribution is 2.65. The summed E-state index contributed by atoms with van der Waals surface area (Å²) in [6.07, 6.45) is 1.33. The van der Waals surface area contributed by atoms with Crippen molar-refractivity contribution >= 4 is 87.0 Å². The van der Waals surface area contributed by atoms with E-state index in [0.717, 1.165) is 0 Å². The van der Waals surface area contributed by atoms with Crippen molar-refractivity contribution in [1.82, 2.24) is 4.98 Å². The third kappa shape index (κ3) is 5.20. The molecule has 7 nitrogen and oxygen atoms in total. The molecule has 34 heavy (non-hydrogen) atoms. The third-order valence-corrected chi connectivity index (χ3v) is 6.90. The van der Waals surface area contributed by atoms with Crippen molar-refractivity contribution in [3.63, 3.8) is 0 Å². The fourth-order valence-corrected chi connectivity index (χ4v) is 5.11. The van der Waals surface area contributed by atoms with Gasteiger partial charge in [-0.2, -0.15) is 0 Å². The second-order valence-corrected chi connectivity index (χ2v) is 10.2. The van der Waals surface area contributed by atoms with Crippen LogP contribution in [0.4, 0.5) is 17.2 Å². The molecule has 0 spiro atoms. The van der Waals surface area contributed by atoms with E-state index in [1.807, 2.05) is 5.48 Å². The minimum atomic E-state index is -1.34. The Morgan fingerprint density at radius 2 is 1.59 bits per heavy atom. The van der Waals surface area contributed by atoms with Crippen molar-refractivity contribution in [2.45, 2.75) is 10.3 Å². The summed E-state index contributed by atoms with van der Waals surface area (Å²) < 4.78 is -1.34. The smallest absolute Gasteiger partial charge is 0.258 e. The number of halogens is 5. The molecule has 0 radical (unpaired) electrons. The minimum absolute atomic E-state index is 0.114. The van der Waals surface area contributed by atoms with Crippen LogP contribution in [0.5, 0.6) is 0 Å². The van der Waals surface area contributed by atoms with Gasteiger partial charge in [0, 0.05) is 21.7 Å². The number of amides is 2. The number of carbonyl (C=O) groups is 2. The van der Waals surface area contributed by atoms with Crippen molar-refractivity contribution < 1.29 is 14.8 Å². The predicted octanol–water partition coefficient (Wildman–Crippen LogP) is 6.62. The molecule has 0 bridgehead atoms. The van der Waals surface area contributed by atoms with Gasteiger partial charge in [-0.3, -0.25) is 20.3 Å². The maximum absolute atomic E-state index is 12.9. The Bertz CT molecular complexity index is 1250. The van der Waals surface area contributed by atoms with Gasteiger partial charge in [-0.25, -0.2) is 4.98 Å². The fourth-order valence-electron chi connectivity index (χ4n) is 3.54. The number of nitrogens with zero attached hydrogens (tertiary/aromatic N) is 1. The lowest BCUT2D eigenvalue weighted by Crippen LogP contribution is -2.18. The molecular formula is C22H15Cl5N4O3. The summed E-state index contributed by atoms with van der Waals surface area (Å²) >= 11 is 31.1. The van der Waals surface area contributed by atoms with Crippen molar-refractivity contribution in [2.24, 2.45) is 5.92 Å². The van der Waals surface area contributed by atoms with Crippen molar-refractivity contribution in [3.05, 3.63) is 80.9 Å². The number of benzene rings is 2. The molecule has 0 aliphatic heterocycles. The molecule has 3 aromatic rings. The third-order valence-electron chi connectivity index (χ3n) is 5.19. The zero-order chi connectivity index (χ0) is 24.6. The van der Waals surface area contributed by atoms with E-state index in [1.165, 1.54) is 30.5 Å². The maximum Gasteiger partial charge on any atom is 0.258 e. The van der Waals surface area contributed by atoms with E-state index in [-0.39, 0.29) is 16.4 Å². The average molecular weight is 561 g/mol. The molecule has 4 N–H and O–H groups in total. The summed E-state index contributed by atoms with van der Waals surface area (Å²) in [6.45, 7) is 0. The Morgan fingerprint density at radius 3 is 2.21 bits per heavy atom. The first-order valence-corrected chi connectivity index (χ1v) is 11.6. The van der Waals surface area contributed by atoms with Gasteiger partial charge < -0.3 is 10.6 Å². The Kier molecular flexibility index (Phi) is 7.14. The van der Waals surface area contributed by atoms with E-state index in [4.69, 9.17) is 63.2 Å². The molecule has 1 heterocycles. The largest absolute Gasteiger partial charge is 0.326 e. The summed E-state index contributed by atoms with van der Waals surface area (Å²) in [5.74, 6) is -2.01. The molecule has 2 aromatic carbocycles. The highest BCUT2D eigenvalue weighted by molar-refractivity contribution is 6.53. The Labute approximate surface area is 219 Å². The molecule has 1 aliphatic carbocycles. The number of pyridine rings is 1. The molecule has 1 saturated carbocycles. The first-order chi connectivity index (χ1) is 16.1. The lowest BCUT2D eigenvalue weighted by atomic mass is 10.1. The van der Waals surface area contributed by atoms with Gasteiger partial charge in [0.1, 0.15) is 10.2 Å². The summed E-state index contributed by atoms with van der Waals surface area (Å²) in [5, 5.41) is 15.2. The number of hydrogen-bond donors (Lipinski definition) is 4. The zero-order valence-electron chi connectivity index (χ0n) is 17.0. The number of anilines is 3. The van der Waals surface area contributed by atoms with Crippen LogP contribution in [0.3, 0.4) is 0 Å². The van der Waals surface area contributed by atoms with Crippen LogP contribution in [0.25, 0.3) is 0 Å². The quantitative estimate of drug-likeness (QED) is 0.200. The lowest BCUT2D eigenvalue weighted by Gasteiger charge is -2.10. The normalized spacial score (nSPS) is 18.2. The van der Waals surface area contributed by atoms with Gasteiger partial charge >= 0.3 is 0 Å². The molecule has 1 aromatic heterocycles. The SMILES string of the molecule is O=C(Nc1ccc(NO)cn1)c1cc(NC(=O)C2C(c3cc(Cl)cc(Cl)c3)C2(Cl)Cl)ccc1Cl. The number of alkyl halides is 2. The van der Waals surface area contributed by atoms with E-state index in [0.29, 0.717) is 27.0 Å². The van der Waals surface area contributed by atoms with Gasteiger partial charge in [-0.15, -0.1) is 23.2 Å². The molecule has 1 fully saturated rings. The van der Waals surface area contributed by atoms with E-state index in [9.17, 15) is 9.59 Å². The number of aromatic nitrogens is 1. The highest BCUT2D eigenvalue weighted by atomic mass is 35.5. The molecule has 2 unspecified atom stereocenters. The van der Waals surface area contributed by atoms with Gasteiger partial charge in [-0.1, -0.05) is 34.8 Å². The van der Waals surface area contributed by atoms with Gasteiger partial charge in [-0.05, 0) is 54.1 Å². The summed E-state index contributed by atoms with van der Waals surface area (Å²) in [7, 11) is 0. The average Bonchev–Trinajstić information content (AvgIpc) is 3.37. The van der Waals surface area contributed by atoms with E-state index in [2.05, 4.69) is 15.6 Å². The van der Waals surface area contributed by atoms with Gasteiger partial charge in [0.25, 0.3) is 5.91 Å². The molecular weight excluding hydrogens is 546 g/mol. The standard InChI is InChI=1S/C22H15Cl5N4O3/c23-11-5-10(6-12(24)7-11)18-19(22(18,26)27)21(33)29-13-1-3-16(25)15(8-13)20(32)30-17-4-2-14(31-34)9-28-17/h1-9,18-19,31,34H,(H,29,33)(H,28,30,32). The molecule has 1 aliphatic rings. The molecule has 4 rings (SSSR count). The second-order valence-electron chi connectivity index (χ2n) is 7.51. The highest BCUT2D eigenvalue weighted by Gasteiger charge is 2.67. The number of hydrogen-bond acceptors (Lipinski definition) is 5. The van der Waals surface area contributed by atoms with Gasteiger partial charge in [0.05, 0.1) is 28.4 Å². The molecule has 176 valence electrons. The van der Waals surface area contributed by atoms with Crippen molar-refractivity contribution in [2.75, 3.05) is 16.1 Å². The summed E-state index contributed by atoms with van der Waals surface area (Å²) in [4.78, 5) is 29.6. The van der Waals surface area contributed by atoms with Gasteiger partial charge in [0.2, 0.25) is 5.91 Å². The van der Waals surface area contributed by atoms with Crippen molar-refractivity contribution in [1.29, 1.82) is 0 Å². The van der Waals surface area contributed by atoms with Crippen LogP contribution in [0.15, 0.2) is 54.7 Å². The topological polar surface area (TPSA) is 103 Å². The lowest BCUT2D eigenvalue weighted by molar-refractivity contribution is -0.117. The van der Waals surface area contributed by atoms with E-state index < -0.39 is 28.0 Å². The Morgan fingerprint density at radius 1 is 0.912 bits per heavy atom.